The minimum absolute atomic E-state index is 0.0378. The van der Waals surface area contributed by atoms with Crippen LogP contribution in [0.3, 0.4) is 0 Å². The highest BCUT2D eigenvalue weighted by Gasteiger charge is 2.15. The molecule has 2 heterocycles. The van der Waals surface area contributed by atoms with E-state index >= 15 is 0 Å². The van der Waals surface area contributed by atoms with Crippen LogP contribution in [0.1, 0.15) is 34.8 Å². The minimum Gasteiger partial charge on any atom is -0.323 e. The second kappa shape index (κ2) is 8.08. The van der Waals surface area contributed by atoms with E-state index in [-0.39, 0.29) is 5.91 Å². The summed E-state index contributed by atoms with van der Waals surface area (Å²) in [4.78, 5) is 12.5. The van der Waals surface area contributed by atoms with Crippen LogP contribution in [-0.4, -0.2) is 25.5 Å². The lowest BCUT2D eigenvalue weighted by Crippen LogP contribution is -2.16. The van der Waals surface area contributed by atoms with Gasteiger partial charge in [0, 0.05) is 12.1 Å². The topological polar surface area (TPSA) is 64.7 Å². The molecule has 3 aromatic rings. The van der Waals surface area contributed by atoms with Gasteiger partial charge in [-0.15, -0.1) is 0 Å². The Morgan fingerprint density at radius 1 is 1.00 bits per heavy atom. The van der Waals surface area contributed by atoms with E-state index in [1.54, 1.807) is 0 Å². The van der Waals surface area contributed by atoms with E-state index in [2.05, 4.69) is 43.6 Å². The molecule has 0 bridgehead atoms. The van der Waals surface area contributed by atoms with Gasteiger partial charge in [0.15, 0.2) is 0 Å². The van der Waals surface area contributed by atoms with Crippen molar-refractivity contribution in [3.05, 3.63) is 63.1 Å². The summed E-state index contributed by atoms with van der Waals surface area (Å²) < 4.78 is 4.78. The number of nitrogens with zero attached hydrogens (tertiary/aromatic N) is 4. The largest absolute Gasteiger partial charge is 0.323 e. The van der Waals surface area contributed by atoms with Gasteiger partial charge in [-0.2, -0.15) is 10.2 Å². The Balaban J connectivity index is 1.66. The van der Waals surface area contributed by atoms with E-state index in [4.69, 9.17) is 0 Å². The Bertz CT molecular complexity index is 959. The summed E-state index contributed by atoms with van der Waals surface area (Å²) in [5.41, 5.74) is 5.72. The molecular formula is C20H24BrN5O. The van der Waals surface area contributed by atoms with Crippen LogP contribution in [0.2, 0.25) is 0 Å². The van der Waals surface area contributed by atoms with Crippen molar-refractivity contribution in [1.29, 1.82) is 0 Å². The zero-order valence-corrected chi connectivity index (χ0v) is 17.7. The van der Waals surface area contributed by atoms with E-state index in [1.165, 1.54) is 5.56 Å². The van der Waals surface area contributed by atoms with Crippen molar-refractivity contribution in [3.63, 3.8) is 0 Å². The van der Waals surface area contributed by atoms with E-state index in [0.717, 1.165) is 32.9 Å². The maximum absolute atomic E-state index is 12.5. The summed E-state index contributed by atoms with van der Waals surface area (Å²) in [6, 6.07) is 10.2. The van der Waals surface area contributed by atoms with Crippen LogP contribution in [0.5, 0.6) is 0 Å². The Morgan fingerprint density at radius 3 is 2.30 bits per heavy atom. The normalized spacial score (nSPS) is 11.0. The predicted octanol–water partition coefficient (Wildman–Crippen LogP) is 4.15. The van der Waals surface area contributed by atoms with E-state index < -0.39 is 0 Å². The Morgan fingerprint density at radius 2 is 1.67 bits per heavy atom. The third-order valence-corrected chi connectivity index (χ3v) is 5.81. The fraction of sp³-hybridized carbons (Fsp3) is 0.350. The van der Waals surface area contributed by atoms with Gasteiger partial charge in [0.05, 0.1) is 40.3 Å². The van der Waals surface area contributed by atoms with Gasteiger partial charge in [-0.25, -0.2) is 0 Å². The highest BCUT2D eigenvalue weighted by atomic mass is 79.9. The van der Waals surface area contributed by atoms with Crippen LogP contribution in [0.4, 0.5) is 5.69 Å². The number of amides is 1. The lowest BCUT2D eigenvalue weighted by atomic mass is 10.2. The van der Waals surface area contributed by atoms with E-state index in [1.807, 2.05) is 55.3 Å². The quantitative estimate of drug-likeness (QED) is 0.639. The number of rotatable bonds is 6. The summed E-state index contributed by atoms with van der Waals surface area (Å²) in [5, 5.41) is 12.1. The van der Waals surface area contributed by atoms with Gasteiger partial charge in [-0.05, 0) is 49.2 Å². The fourth-order valence-electron chi connectivity index (χ4n) is 3.09. The predicted molar refractivity (Wildman–Crippen MR) is 110 cm³/mol. The SMILES string of the molecule is Cc1nn(CCC(=O)Nc2c(C)nn(Cc3ccccc3)c2C)c(C)c1Br. The van der Waals surface area contributed by atoms with Gasteiger partial charge in [-0.3, -0.25) is 14.2 Å². The molecule has 0 unspecified atom stereocenters. The first-order valence-electron chi connectivity index (χ1n) is 8.94. The molecule has 0 spiro atoms. The summed E-state index contributed by atoms with van der Waals surface area (Å²) >= 11 is 3.51. The molecule has 7 heteroatoms. The van der Waals surface area contributed by atoms with Crippen molar-refractivity contribution in [2.45, 2.75) is 47.2 Å². The number of nitrogens with one attached hydrogen (secondary N) is 1. The number of carbonyl (C=O) groups is 1. The first kappa shape index (κ1) is 19.4. The zero-order chi connectivity index (χ0) is 19.6. The number of hydrogen-bond donors (Lipinski definition) is 1. The number of aromatic nitrogens is 4. The lowest BCUT2D eigenvalue weighted by Gasteiger charge is -2.08. The standard InChI is InChI=1S/C20H24BrN5O/c1-13-19(21)15(3)25(23-13)11-10-18(27)22-20-14(2)24-26(16(20)4)12-17-8-6-5-7-9-17/h5-9H,10-12H2,1-4H3,(H,22,27). The molecule has 6 nitrogen and oxygen atoms in total. The number of benzene rings is 1. The first-order valence-corrected chi connectivity index (χ1v) is 9.73. The molecule has 0 fully saturated rings. The molecule has 0 radical (unpaired) electrons. The van der Waals surface area contributed by atoms with Gasteiger partial charge in [0.2, 0.25) is 5.91 Å². The number of halogens is 1. The first-order chi connectivity index (χ1) is 12.9. The molecule has 0 saturated carbocycles. The van der Waals surface area contributed by atoms with Gasteiger partial charge < -0.3 is 5.32 Å². The van der Waals surface area contributed by atoms with Crippen LogP contribution in [0.25, 0.3) is 0 Å². The maximum atomic E-state index is 12.5. The van der Waals surface area contributed by atoms with Crippen LogP contribution < -0.4 is 5.32 Å². The fourth-order valence-corrected chi connectivity index (χ4v) is 3.37. The molecule has 0 atom stereocenters. The van der Waals surface area contributed by atoms with Crippen molar-refractivity contribution in [1.82, 2.24) is 19.6 Å². The molecule has 1 aromatic carbocycles. The average Bonchev–Trinajstić information content (AvgIpc) is 3.05. The Hall–Kier alpha value is -2.41. The zero-order valence-electron chi connectivity index (χ0n) is 16.1. The summed E-state index contributed by atoms with van der Waals surface area (Å²) in [7, 11) is 0. The summed E-state index contributed by atoms with van der Waals surface area (Å²) in [6.45, 7) is 9.06. The third-order valence-electron chi connectivity index (χ3n) is 4.66. The number of aryl methyl sites for hydroxylation is 3. The van der Waals surface area contributed by atoms with Crippen molar-refractivity contribution >= 4 is 27.5 Å². The van der Waals surface area contributed by atoms with Crippen LogP contribution in [0, 0.1) is 27.7 Å². The highest BCUT2D eigenvalue weighted by Crippen LogP contribution is 2.22. The molecule has 1 N–H and O–H groups in total. The molecule has 2 aromatic heterocycles. The molecule has 1 amide bonds. The molecule has 0 aliphatic heterocycles. The number of anilines is 1. The Labute approximate surface area is 167 Å². The second-order valence-electron chi connectivity index (χ2n) is 6.70. The summed E-state index contributed by atoms with van der Waals surface area (Å²) in [5.74, 6) is -0.0378. The lowest BCUT2D eigenvalue weighted by molar-refractivity contribution is -0.116. The van der Waals surface area contributed by atoms with Crippen molar-refractivity contribution in [2.24, 2.45) is 0 Å². The van der Waals surface area contributed by atoms with Gasteiger partial charge in [0.1, 0.15) is 0 Å². The van der Waals surface area contributed by atoms with E-state index in [9.17, 15) is 4.79 Å². The molecular weight excluding hydrogens is 406 g/mol. The highest BCUT2D eigenvalue weighted by molar-refractivity contribution is 9.10. The summed E-state index contributed by atoms with van der Waals surface area (Å²) in [6.07, 6.45) is 0.358. The van der Waals surface area contributed by atoms with Crippen molar-refractivity contribution in [2.75, 3.05) is 5.32 Å². The monoisotopic (exact) mass is 429 g/mol. The minimum atomic E-state index is -0.0378. The third kappa shape index (κ3) is 4.30. The second-order valence-corrected chi connectivity index (χ2v) is 7.49. The maximum Gasteiger partial charge on any atom is 0.226 e. The molecule has 3 rings (SSSR count). The van der Waals surface area contributed by atoms with Crippen molar-refractivity contribution in [3.8, 4) is 0 Å². The van der Waals surface area contributed by atoms with Crippen LogP contribution >= 0.6 is 15.9 Å². The van der Waals surface area contributed by atoms with Crippen LogP contribution in [0.15, 0.2) is 34.8 Å². The molecule has 0 saturated heterocycles. The van der Waals surface area contributed by atoms with Gasteiger partial charge in [0.25, 0.3) is 0 Å². The van der Waals surface area contributed by atoms with E-state index in [0.29, 0.717) is 19.5 Å². The molecule has 27 heavy (non-hydrogen) atoms. The number of carbonyl (C=O) groups excluding carboxylic acids is 1. The molecule has 0 aliphatic carbocycles. The van der Waals surface area contributed by atoms with Gasteiger partial charge in [-0.1, -0.05) is 30.3 Å². The molecule has 0 aliphatic rings. The number of hydrogen-bond acceptors (Lipinski definition) is 3. The van der Waals surface area contributed by atoms with Crippen molar-refractivity contribution < 1.29 is 4.79 Å². The van der Waals surface area contributed by atoms with Gasteiger partial charge >= 0.3 is 0 Å². The smallest absolute Gasteiger partial charge is 0.226 e. The average molecular weight is 430 g/mol. The Kier molecular flexibility index (Phi) is 5.79. The molecule has 142 valence electrons. The van der Waals surface area contributed by atoms with Crippen LogP contribution in [-0.2, 0) is 17.9 Å².